The Balaban J connectivity index is 1.35. The van der Waals surface area contributed by atoms with Crippen LogP contribution in [-0.2, 0) is 17.7 Å². The van der Waals surface area contributed by atoms with Gasteiger partial charge in [0.1, 0.15) is 22.8 Å². The van der Waals surface area contributed by atoms with Gasteiger partial charge in [0.2, 0.25) is 0 Å². The number of fused-ring (bicyclic) bond motifs is 3. The summed E-state index contributed by atoms with van der Waals surface area (Å²) in [5, 5.41) is 11.9. The second kappa shape index (κ2) is 8.83. The molecular formula is C21H26N8OS. The van der Waals surface area contributed by atoms with Crippen molar-refractivity contribution in [2.45, 2.75) is 13.0 Å². The molecule has 31 heavy (non-hydrogen) atoms. The van der Waals surface area contributed by atoms with E-state index in [4.69, 9.17) is 15.9 Å². The van der Waals surface area contributed by atoms with Crippen LogP contribution < -0.4 is 11.1 Å². The Labute approximate surface area is 184 Å². The predicted octanol–water partition coefficient (Wildman–Crippen LogP) is 2.10. The van der Waals surface area contributed by atoms with E-state index in [0.29, 0.717) is 17.1 Å². The second-order valence-electron chi connectivity index (χ2n) is 7.85. The molecule has 0 bridgehead atoms. The molecule has 1 fully saturated rings. The van der Waals surface area contributed by atoms with Crippen molar-refractivity contribution >= 4 is 45.1 Å². The van der Waals surface area contributed by atoms with Gasteiger partial charge in [0.05, 0.1) is 30.5 Å². The van der Waals surface area contributed by atoms with Gasteiger partial charge in [0.25, 0.3) is 0 Å². The van der Waals surface area contributed by atoms with Crippen LogP contribution in [0.2, 0.25) is 0 Å². The van der Waals surface area contributed by atoms with Crippen LogP contribution in [0.1, 0.15) is 16.0 Å². The van der Waals surface area contributed by atoms with Crippen LogP contribution in [0.4, 0.5) is 17.3 Å². The van der Waals surface area contributed by atoms with Crippen molar-refractivity contribution in [1.29, 1.82) is 5.41 Å². The number of hydrogen-bond acceptors (Lipinski definition) is 10. The van der Waals surface area contributed by atoms with Crippen molar-refractivity contribution in [2.75, 3.05) is 57.0 Å². The Kier molecular flexibility index (Phi) is 5.77. The van der Waals surface area contributed by atoms with E-state index < -0.39 is 0 Å². The highest BCUT2D eigenvalue weighted by atomic mass is 32.1. The first kappa shape index (κ1) is 20.3. The molecule has 0 spiro atoms. The van der Waals surface area contributed by atoms with E-state index >= 15 is 0 Å². The molecule has 0 saturated carbocycles. The van der Waals surface area contributed by atoms with Crippen molar-refractivity contribution in [3.05, 3.63) is 34.6 Å². The van der Waals surface area contributed by atoms with Crippen molar-refractivity contribution in [3.8, 4) is 0 Å². The fourth-order valence-electron chi connectivity index (χ4n) is 4.17. The van der Waals surface area contributed by atoms with Gasteiger partial charge in [-0.25, -0.2) is 15.0 Å². The van der Waals surface area contributed by atoms with E-state index in [0.717, 1.165) is 74.9 Å². The minimum Gasteiger partial charge on any atom is -0.397 e. The number of anilines is 3. The van der Waals surface area contributed by atoms with E-state index in [1.807, 2.05) is 0 Å². The van der Waals surface area contributed by atoms with E-state index in [9.17, 15) is 0 Å². The molecule has 3 aromatic heterocycles. The summed E-state index contributed by atoms with van der Waals surface area (Å²) < 4.78 is 5.45. The van der Waals surface area contributed by atoms with E-state index in [-0.39, 0.29) is 0 Å². The van der Waals surface area contributed by atoms with Crippen LogP contribution in [0.3, 0.4) is 0 Å². The zero-order valence-electron chi connectivity index (χ0n) is 17.3. The van der Waals surface area contributed by atoms with Gasteiger partial charge in [-0.3, -0.25) is 9.80 Å². The average Bonchev–Trinajstić information content (AvgIpc) is 3.18. The van der Waals surface area contributed by atoms with Gasteiger partial charge in [-0.1, -0.05) is 0 Å². The van der Waals surface area contributed by atoms with E-state index in [1.54, 1.807) is 29.9 Å². The zero-order chi connectivity index (χ0) is 21.2. The number of aromatic nitrogens is 3. The molecule has 9 nitrogen and oxygen atoms in total. The maximum Gasteiger partial charge on any atom is 0.144 e. The van der Waals surface area contributed by atoms with Gasteiger partial charge in [-0.15, -0.1) is 11.3 Å². The highest BCUT2D eigenvalue weighted by molar-refractivity contribution is 7.19. The summed E-state index contributed by atoms with van der Waals surface area (Å²) in [5.74, 6) is 1.38. The number of morpholine rings is 1. The normalized spacial score (nSPS) is 17.5. The number of rotatable bonds is 6. The van der Waals surface area contributed by atoms with Crippen molar-refractivity contribution < 1.29 is 4.74 Å². The minimum atomic E-state index is 0.485. The number of hydrogen-bond donors (Lipinski definition) is 3. The molecule has 0 aromatic carbocycles. The fraction of sp³-hybridized carbons (Fsp3) is 0.429. The molecule has 5 rings (SSSR count). The highest BCUT2D eigenvalue weighted by Crippen LogP contribution is 2.37. The largest absolute Gasteiger partial charge is 0.397 e. The van der Waals surface area contributed by atoms with Crippen LogP contribution in [0.25, 0.3) is 10.2 Å². The highest BCUT2D eigenvalue weighted by Gasteiger charge is 2.24. The van der Waals surface area contributed by atoms with Gasteiger partial charge in [-0.05, 0) is 18.1 Å². The van der Waals surface area contributed by atoms with Crippen molar-refractivity contribution in [1.82, 2.24) is 24.8 Å². The Bertz CT molecular complexity index is 1090. The molecule has 3 aromatic rings. The van der Waals surface area contributed by atoms with Crippen molar-refractivity contribution in [3.63, 3.8) is 0 Å². The Hall–Kier alpha value is -2.66. The van der Waals surface area contributed by atoms with Gasteiger partial charge in [0.15, 0.2) is 0 Å². The summed E-state index contributed by atoms with van der Waals surface area (Å²) in [4.78, 5) is 20.8. The number of nitrogens with two attached hydrogens (primary N) is 1. The van der Waals surface area contributed by atoms with Crippen LogP contribution in [0, 0.1) is 5.41 Å². The minimum absolute atomic E-state index is 0.485. The summed E-state index contributed by atoms with van der Waals surface area (Å²) in [5.41, 5.74) is 8.32. The molecule has 0 atom stereocenters. The molecule has 2 aliphatic heterocycles. The molecule has 2 aliphatic rings. The lowest BCUT2D eigenvalue weighted by Crippen LogP contribution is -2.42. The zero-order valence-corrected chi connectivity index (χ0v) is 18.1. The number of pyridine rings is 1. The van der Waals surface area contributed by atoms with Gasteiger partial charge in [-0.2, -0.15) is 0 Å². The SMILES string of the molecule is N=Cc1cc(Nc2ncnc3sc4c(c23)CCN(CCN2CCOCC2)C4)ncc1N. The fourth-order valence-corrected chi connectivity index (χ4v) is 5.40. The van der Waals surface area contributed by atoms with Gasteiger partial charge < -0.3 is 21.2 Å². The molecule has 0 aliphatic carbocycles. The summed E-state index contributed by atoms with van der Waals surface area (Å²) >= 11 is 1.76. The third-order valence-corrected chi connectivity index (χ3v) is 7.05. The quantitative estimate of drug-likeness (QED) is 0.501. The standard InChI is InChI=1S/C21H26N8OS/c22-10-14-9-18(24-11-16(14)23)27-20-19-15-1-2-29(4-3-28-5-7-30-8-6-28)12-17(15)31-21(19)26-13-25-20/h9-11,13,22H,1-8,12,23H2,(H,24,25,26,27). The second-order valence-corrected chi connectivity index (χ2v) is 8.94. The van der Waals surface area contributed by atoms with Gasteiger partial charge >= 0.3 is 0 Å². The number of nitrogen functional groups attached to an aromatic ring is 1. The third-order valence-electron chi connectivity index (χ3n) is 5.92. The molecule has 4 N–H and O–H groups in total. The lowest BCUT2D eigenvalue weighted by Gasteiger charge is -2.31. The number of nitrogens with zero attached hydrogens (tertiary/aromatic N) is 5. The summed E-state index contributed by atoms with van der Waals surface area (Å²) in [6.45, 7) is 7.92. The van der Waals surface area contributed by atoms with Crippen LogP contribution in [0.15, 0.2) is 18.6 Å². The smallest absolute Gasteiger partial charge is 0.144 e. The lowest BCUT2D eigenvalue weighted by molar-refractivity contribution is 0.0327. The lowest BCUT2D eigenvalue weighted by atomic mass is 10.0. The van der Waals surface area contributed by atoms with Crippen molar-refractivity contribution in [2.24, 2.45) is 0 Å². The topological polar surface area (TPSA) is 116 Å². The van der Waals surface area contributed by atoms with E-state index in [1.165, 1.54) is 16.7 Å². The maximum atomic E-state index is 7.51. The Morgan fingerprint density at radius 3 is 2.84 bits per heavy atom. The number of thiophene rings is 1. The van der Waals surface area contributed by atoms with E-state index in [2.05, 4.69) is 30.1 Å². The molecular weight excluding hydrogens is 412 g/mol. The Morgan fingerprint density at radius 2 is 2.00 bits per heavy atom. The summed E-state index contributed by atoms with van der Waals surface area (Å²) in [6, 6.07) is 1.77. The predicted molar refractivity (Wildman–Crippen MR) is 123 cm³/mol. The Morgan fingerprint density at radius 1 is 1.16 bits per heavy atom. The monoisotopic (exact) mass is 438 g/mol. The van der Waals surface area contributed by atoms with Crippen LogP contribution in [0.5, 0.6) is 0 Å². The molecule has 0 amide bonds. The first-order valence-electron chi connectivity index (χ1n) is 10.5. The summed E-state index contributed by atoms with van der Waals surface area (Å²) in [7, 11) is 0. The summed E-state index contributed by atoms with van der Waals surface area (Å²) in [6.07, 6.45) is 5.38. The molecule has 5 heterocycles. The molecule has 0 radical (unpaired) electrons. The first-order valence-corrected chi connectivity index (χ1v) is 11.3. The molecule has 0 unspecified atom stereocenters. The van der Waals surface area contributed by atoms with Crippen LogP contribution in [-0.4, -0.2) is 76.9 Å². The molecule has 162 valence electrons. The number of ether oxygens (including phenoxy) is 1. The first-order chi connectivity index (χ1) is 15.2. The third kappa shape index (κ3) is 4.24. The molecule has 10 heteroatoms. The number of nitrogens with one attached hydrogen (secondary N) is 2. The molecule has 1 saturated heterocycles. The van der Waals surface area contributed by atoms with Gasteiger partial charge in [0, 0.05) is 55.9 Å². The maximum absolute atomic E-state index is 7.51. The van der Waals surface area contributed by atoms with Crippen LogP contribution >= 0.6 is 11.3 Å². The average molecular weight is 439 g/mol.